The number of carbonyl (C=O) groups excluding carboxylic acids is 1. The Labute approximate surface area is 120 Å². The monoisotopic (exact) mass is 319 g/mol. The maximum atomic E-state index is 11.8. The summed E-state index contributed by atoms with van der Waals surface area (Å²) in [5.41, 5.74) is 7.53. The van der Waals surface area contributed by atoms with Gasteiger partial charge < -0.3 is 10.5 Å². The number of benzene rings is 2. The highest BCUT2D eigenvalue weighted by Gasteiger charge is 2.16. The van der Waals surface area contributed by atoms with Crippen molar-refractivity contribution in [3.63, 3.8) is 0 Å². The largest absolute Gasteiger partial charge is 0.459 e. The van der Waals surface area contributed by atoms with Gasteiger partial charge in [-0.25, -0.2) is 4.79 Å². The molecule has 2 aromatic rings. The molecule has 2 N–H and O–H groups in total. The van der Waals surface area contributed by atoms with E-state index in [2.05, 4.69) is 15.9 Å². The summed E-state index contributed by atoms with van der Waals surface area (Å²) >= 11 is 3.35. The molecule has 4 heteroatoms. The van der Waals surface area contributed by atoms with E-state index in [9.17, 15) is 4.79 Å². The van der Waals surface area contributed by atoms with Crippen molar-refractivity contribution in [1.82, 2.24) is 0 Å². The van der Waals surface area contributed by atoms with Crippen LogP contribution in [-0.2, 0) is 16.1 Å². The second-order valence-electron chi connectivity index (χ2n) is 4.12. The van der Waals surface area contributed by atoms with E-state index in [1.54, 1.807) is 0 Å². The Bertz CT molecular complexity index is 540. The molecule has 0 bridgehead atoms. The molecule has 0 spiro atoms. The standard InChI is InChI=1S/C15H14BrNO2/c16-13-8-6-11(7-9-13)10-19-15(18)14(17)12-4-2-1-3-5-12/h1-9,14H,10,17H2. The van der Waals surface area contributed by atoms with Crippen molar-refractivity contribution in [3.05, 3.63) is 70.2 Å². The van der Waals surface area contributed by atoms with Crippen LogP contribution in [0, 0.1) is 0 Å². The zero-order valence-corrected chi connectivity index (χ0v) is 11.8. The summed E-state index contributed by atoms with van der Waals surface area (Å²) in [6.45, 7) is 0.229. The fraction of sp³-hybridized carbons (Fsp3) is 0.133. The van der Waals surface area contributed by atoms with Crippen LogP contribution in [0.2, 0.25) is 0 Å². The van der Waals surface area contributed by atoms with E-state index in [4.69, 9.17) is 10.5 Å². The van der Waals surface area contributed by atoms with E-state index in [-0.39, 0.29) is 6.61 Å². The number of carbonyl (C=O) groups is 1. The van der Waals surface area contributed by atoms with Gasteiger partial charge in [0.15, 0.2) is 0 Å². The Morgan fingerprint density at radius 1 is 1.11 bits per heavy atom. The summed E-state index contributed by atoms with van der Waals surface area (Å²) in [4.78, 5) is 11.8. The van der Waals surface area contributed by atoms with Gasteiger partial charge in [-0.1, -0.05) is 58.4 Å². The van der Waals surface area contributed by atoms with Gasteiger partial charge in [0, 0.05) is 4.47 Å². The number of halogens is 1. The molecular formula is C15H14BrNO2. The number of rotatable bonds is 4. The van der Waals surface area contributed by atoms with Crippen LogP contribution in [0.5, 0.6) is 0 Å². The summed E-state index contributed by atoms with van der Waals surface area (Å²) in [7, 11) is 0. The molecule has 0 aromatic heterocycles. The SMILES string of the molecule is NC(C(=O)OCc1ccc(Br)cc1)c1ccccc1. The van der Waals surface area contributed by atoms with Crippen molar-refractivity contribution in [3.8, 4) is 0 Å². The molecule has 2 rings (SSSR count). The third-order valence-electron chi connectivity index (χ3n) is 2.71. The van der Waals surface area contributed by atoms with Crippen LogP contribution in [0.4, 0.5) is 0 Å². The maximum Gasteiger partial charge on any atom is 0.327 e. The average molecular weight is 320 g/mol. The van der Waals surface area contributed by atoms with E-state index in [1.165, 1.54) is 0 Å². The van der Waals surface area contributed by atoms with E-state index in [1.807, 2.05) is 54.6 Å². The fourth-order valence-corrected chi connectivity index (χ4v) is 1.89. The van der Waals surface area contributed by atoms with Crippen molar-refractivity contribution in [1.29, 1.82) is 0 Å². The van der Waals surface area contributed by atoms with Gasteiger partial charge in [-0.05, 0) is 23.3 Å². The first-order valence-corrected chi connectivity index (χ1v) is 6.68. The van der Waals surface area contributed by atoms with Crippen LogP contribution >= 0.6 is 15.9 Å². The van der Waals surface area contributed by atoms with Crippen molar-refractivity contribution < 1.29 is 9.53 Å². The van der Waals surface area contributed by atoms with Crippen molar-refractivity contribution in [2.75, 3.05) is 0 Å². The molecule has 0 saturated carbocycles. The zero-order valence-electron chi connectivity index (χ0n) is 10.3. The fourth-order valence-electron chi connectivity index (χ4n) is 1.62. The second kappa shape index (κ2) is 6.50. The van der Waals surface area contributed by atoms with Gasteiger partial charge in [0.25, 0.3) is 0 Å². The highest BCUT2D eigenvalue weighted by atomic mass is 79.9. The molecule has 0 radical (unpaired) electrons. The normalized spacial score (nSPS) is 11.9. The first-order chi connectivity index (χ1) is 9.16. The molecule has 0 aliphatic heterocycles. The average Bonchev–Trinajstić information content (AvgIpc) is 2.46. The van der Waals surface area contributed by atoms with Gasteiger partial charge >= 0.3 is 5.97 Å². The van der Waals surface area contributed by atoms with Crippen LogP contribution in [0.15, 0.2) is 59.1 Å². The highest BCUT2D eigenvalue weighted by Crippen LogP contribution is 2.14. The third-order valence-corrected chi connectivity index (χ3v) is 3.24. The Kier molecular flexibility index (Phi) is 4.71. The topological polar surface area (TPSA) is 52.3 Å². The molecule has 1 unspecified atom stereocenters. The number of esters is 1. The van der Waals surface area contributed by atoms with Gasteiger partial charge in [-0.2, -0.15) is 0 Å². The van der Waals surface area contributed by atoms with Gasteiger partial charge in [0.2, 0.25) is 0 Å². The third kappa shape index (κ3) is 3.91. The number of ether oxygens (including phenoxy) is 1. The van der Waals surface area contributed by atoms with Crippen LogP contribution in [-0.4, -0.2) is 5.97 Å². The lowest BCUT2D eigenvalue weighted by Gasteiger charge is -2.11. The molecule has 1 atom stereocenters. The minimum absolute atomic E-state index is 0.229. The number of hydrogen-bond acceptors (Lipinski definition) is 3. The smallest absolute Gasteiger partial charge is 0.327 e. The summed E-state index contributed by atoms with van der Waals surface area (Å²) in [5.74, 6) is -0.422. The van der Waals surface area contributed by atoms with Gasteiger partial charge in [0.05, 0.1) is 0 Å². The lowest BCUT2D eigenvalue weighted by Crippen LogP contribution is -2.23. The summed E-state index contributed by atoms with van der Waals surface area (Å²) in [6.07, 6.45) is 0. The predicted molar refractivity (Wildman–Crippen MR) is 77.3 cm³/mol. The molecular weight excluding hydrogens is 306 g/mol. The number of nitrogens with two attached hydrogens (primary N) is 1. The quantitative estimate of drug-likeness (QED) is 0.880. The highest BCUT2D eigenvalue weighted by molar-refractivity contribution is 9.10. The summed E-state index contributed by atoms with van der Waals surface area (Å²) < 4.78 is 6.19. The minimum Gasteiger partial charge on any atom is -0.459 e. The van der Waals surface area contributed by atoms with Crippen molar-refractivity contribution in [2.45, 2.75) is 12.6 Å². The Balaban J connectivity index is 1.93. The molecule has 0 amide bonds. The molecule has 98 valence electrons. The van der Waals surface area contributed by atoms with Crippen molar-refractivity contribution >= 4 is 21.9 Å². The summed E-state index contributed by atoms with van der Waals surface area (Å²) in [6, 6.07) is 16.0. The molecule has 2 aromatic carbocycles. The van der Waals surface area contributed by atoms with Gasteiger partial charge in [-0.15, -0.1) is 0 Å². The first kappa shape index (κ1) is 13.8. The Morgan fingerprint density at radius 3 is 2.37 bits per heavy atom. The van der Waals surface area contributed by atoms with E-state index >= 15 is 0 Å². The van der Waals surface area contributed by atoms with Gasteiger partial charge in [-0.3, -0.25) is 0 Å². The molecule has 0 heterocycles. The van der Waals surface area contributed by atoms with Crippen LogP contribution in [0.1, 0.15) is 17.2 Å². The van der Waals surface area contributed by atoms with Crippen LogP contribution in [0.25, 0.3) is 0 Å². The molecule has 0 aliphatic rings. The lowest BCUT2D eigenvalue weighted by atomic mass is 10.1. The van der Waals surface area contributed by atoms with Gasteiger partial charge in [0.1, 0.15) is 12.6 Å². The Hall–Kier alpha value is -1.65. The van der Waals surface area contributed by atoms with E-state index < -0.39 is 12.0 Å². The lowest BCUT2D eigenvalue weighted by molar-refractivity contribution is -0.146. The molecule has 0 aliphatic carbocycles. The second-order valence-corrected chi connectivity index (χ2v) is 5.04. The maximum absolute atomic E-state index is 11.8. The summed E-state index contributed by atoms with van der Waals surface area (Å²) in [5, 5.41) is 0. The minimum atomic E-state index is -0.739. The van der Waals surface area contributed by atoms with Crippen molar-refractivity contribution in [2.24, 2.45) is 5.73 Å². The Morgan fingerprint density at radius 2 is 1.74 bits per heavy atom. The predicted octanol–water partition coefficient (Wildman–Crippen LogP) is 3.19. The first-order valence-electron chi connectivity index (χ1n) is 5.88. The zero-order chi connectivity index (χ0) is 13.7. The molecule has 19 heavy (non-hydrogen) atoms. The molecule has 3 nitrogen and oxygen atoms in total. The van der Waals surface area contributed by atoms with Crippen LogP contribution in [0.3, 0.4) is 0 Å². The van der Waals surface area contributed by atoms with E-state index in [0.29, 0.717) is 0 Å². The molecule has 0 fully saturated rings. The molecule has 0 saturated heterocycles. The van der Waals surface area contributed by atoms with E-state index in [0.717, 1.165) is 15.6 Å². The number of hydrogen-bond donors (Lipinski definition) is 1. The van der Waals surface area contributed by atoms with Crippen LogP contribution < -0.4 is 5.73 Å².